The quantitative estimate of drug-likeness (QED) is 0.311. The van der Waals surface area contributed by atoms with E-state index in [1.807, 2.05) is 0 Å². The van der Waals surface area contributed by atoms with E-state index in [-0.39, 0.29) is 28.2 Å². The van der Waals surface area contributed by atoms with Crippen LogP contribution in [0.5, 0.6) is 17.2 Å². The Morgan fingerprint density at radius 3 is 2.50 bits per heavy atom. The molecule has 0 radical (unpaired) electrons. The summed E-state index contributed by atoms with van der Waals surface area (Å²) in [5.74, 6) is -0.173. The van der Waals surface area contributed by atoms with E-state index in [4.69, 9.17) is 13.9 Å². The summed E-state index contributed by atoms with van der Waals surface area (Å²) in [6.45, 7) is -0.550. The normalized spacial score (nSPS) is 11.3. The van der Waals surface area contributed by atoms with Crippen molar-refractivity contribution in [3.05, 3.63) is 93.3 Å². The first-order valence-corrected chi connectivity index (χ1v) is 10.6. The molecule has 10 heteroatoms. The van der Waals surface area contributed by atoms with Crippen molar-refractivity contribution in [2.24, 2.45) is 0 Å². The smallest absolute Gasteiger partial charge is 0.418 e. The van der Waals surface area contributed by atoms with Crippen LogP contribution in [0.15, 0.2) is 86.7 Å². The maximum absolute atomic E-state index is 13.1. The molecule has 1 amide bonds. The number of hydrogen-bond donors (Lipinski definition) is 1. The topological polar surface area (TPSA) is 77.8 Å². The molecule has 3 aromatic carbocycles. The molecular formula is C24H15BrF3NO5. The predicted molar refractivity (Wildman–Crippen MR) is 122 cm³/mol. The average molecular weight is 534 g/mol. The van der Waals surface area contributed by atoms with Gasteiger partial charge < -0.3 is 19.2 Å². The number of fused-ring (bicyclic) bond motifs is 1. The lowest BCUT2D eigenvalue weighted by Crippen LogP contribution is -2.22. The van der Waals surface area contributed by atoms with Gasteiger partial charge in [-0.25, -0.2) is 0 Å². The summed E-state index contributed by atoms with van der Waals surface area (Å²) >= 11 is 3.34. The van der Waals surface area contributed by atoms with Crippen molar-refractivity contribution in [3.63, 3.8) is 0 Å². The van der Waals surface area contributed by atoms with Crippen molar-refractivity contribution in [2.45, 2.75) is 6.18 Å². The molecule has 0 aliphatic carbocycles. The lowest BCUT2D eigenvalue weighted by atomic mass is 10.1. The fourth-order valence-electron chi connectivity index (χ4n) is 3.07. The van der Waals surface area contributed by atoms with Crippen molar-refractivity contribution in [2.75, 3.05) is 11.9 Å². The molecule has 4 aromatic rings. The lowest BCUT2D eigenvalue weighted by Gasteiger charge is -2.14. The molecule has 0 atom stereocenters. The molecule has 0 fully saturated rings. The highest BCUT2D eigenvalue weighted by Crippen LogP contribution is 2.34. The third-order valence-electron chi connectivity index (χ3n) is 4.65. The van der Waals surface area contributed by atoms with Gasteiger partial charge in [0, 0.05) is 6.07 Å². The Balaban J connectivity index is 1.46. The number of halogens is 4. The number of carbonyl (C=O) groups is 1. The minimum Gasteiger partial charge on any atom is -0.484 e. The van der Waals surface area contributed by atoms with E-state index in [9.17, 15) is 22.8 Å². The van der Waals surface area contributed by atoms with Crippen LogP contribution in [0.4, 0.5) is 18.9 Å². The molecule has 4 rings (SSSR count). The average Bonchev–Trinajstić information content (AvgIpc) is 2.80. The number of ether oxygens (including phenoxy) is 2. The van der Waals surface area contributed by atoms with E-state index < -0.39 is 29.7 Å². The number of hydrogen-bond acceptors (Lipinski definition) is 5. The van der Waals surface area contributed by atoms with Crippen LogP contribution in [0.1, 0.15) is 5.56 Å². The van der Waals surface area contributed by atoms with E-state index in [2.05, 4.69) is 21.2 Å². The molecule has 6 nitrogen and oxygen atoms in total. The van der Waals surface area contributed by atoms with Gasteiger partial charge in [-0.05, 0) is 52.3 Å². The lowest BCUT2D eigenvalue weighted by molar-refractivity contribution is -0.137. The van der Waals surface area contributed by atoms with Crippen LogP contribution in [0.3, 0.4) is 0 Å². The summed E-state index contributed by atoms with van der Waals surface area (Å²) in [5, 5.41) is 2.41. The summed E-state index contributed by atoms with van der Waals surface area (Å²) in [4.78, 5) is 24.9. The molecule has 0 unspecified atom stereocenters. The number of anilines is 1. The van der Waals surface area contributed by atoms with Gasteiger partial charge in [-0.1, -0.05) is 24.3 Å². The number of carbonyl (C=O) groups excluding carboxylic acids is 1. The second-order valence-electron chi connectivity index (χ2n) is 7.00. The van der Waals surface area contributed by atoms with E-state index in [1.54, 1.807) is 24.3 Å². The summed E-state index contributed by atoms with van der Waals surface area (Å²) in [7, 11) is 0. The molecule has 34 heavy (non-hydrogen) atoms. The highest BCUT2D eigenvalue weighted by molar-refractivity contribution is 9.10. The Morgan fingerprint density at radius 2 is 1.74 bits per heavy atom. The first-order chi connectivity index (χ1) is 16.2. The minimum absolute atomic E-state index is 0.0178. The number of nitrogens with one attached hydrogen (secondary N) is 1. The summed E-state index contributed by atoms with van der Waals surface area (Å²) in [5.41, 5.74) is -1.56. The number of rotatable bonds is 6. The van der Waals surface area contributed by atoms with Crippen molar-refractivity contribution in [3.8, 4) is 17.2 Å². The van der Waals surface area contributed by atoms with Crippen LogP contribution >= 0.6 is 15.9 Å². The molecule has 0 saturated carbocycles. The van der Waals surface area contributed by atoms with Gasteiger partial charge >= 0.3 is 6.18 Å². The van der Waals surface area contributed by atoms with Crippen molar-refractivity contribution in [1.82, 2.24) is 0 Å². The second-order valence-corrected chi connectivity index (χ2v) is 7.85. The molecule has 174 valence electrons. The van der Waals surface area contributed by atoms with Gasteiger partial charge in [-0.2, -0.15) is 13.2 Å². The minimum atomic E-state index is -4.61. The van der Waals surface area contributed by atoms with E-state index in [0.717, 1.165) is 18.4 Å². The van der Waals surface area contributed by atoms with Gasteiger partial charge in [-0.3, -0.25) is 9.59 Å². The fourth-order valence-corrected chi connectivity index (χ4v) is 3.44. The van der Waals surface area contributed by atoms with Gasteiger partial charge in [0.2, 0.25) is 11.2 Å². The van der Waals surface area contributed by atoms with Gasteiger partial charge in [0.15, 0.2) is 6.61 Å². The molecule has 0 aliphatic heterocycles. The maximum atomic E-state index is 13.1. The number of amides is 1. The Hall–Kier alpha value is -3.79. The number of alkyl halides is 3. The van der Waals surface area contributed by atoms with Gasteiger partial charge in [-0.15, -0.1) is 0 Å². The first kappa shape index (κ1) is 23.4. The van der Waals surface area contributed by atoms with E-state index >= 15 is 0 Å². The van der Waals surface area contributed by atoms with Crippen LogP contribution in [-0.2, 0) is 11.0 Å². The SMILES string of the molecule is O=C(COc1ccc2c(=O)c(Oc3ccccc3Br)coc2c1)Nc1ccccc1C(F)(F)F. The molecule has 1 aromatic heterocycles. The maximum Gasteiger partial charge on any atom is 0.418 e. The molecular weight excluding hydrogens is 519 g/mol. The van der Waals surface area contributed by atoms with Crippen molar-refractivity contribution < 1.29 is 31.9 Å². The highest BCUT2D eigenvalue weighted by Gasteiger charge is 2.33. The fraction of sp³-hybridized carbons (Fsp3) is 0.0833. The van der Waals surface area contributed by atoms with E-state index in [1.165, 1.54) is 30.3 Å². The van der Waals surface area contributed by atoms with Gasteiger partial charge in [0.1, 0.15) is 23.3 Å². The summed E-state index contributed by atoms with van der Waals surface area (Å²) < 4.78 is 56.4. The standard InChI is InChI=1S/C24H15BrF3NO5/c25-17-6-2-4-8-19(17)34-21-12-33-20-11-14(9-10-15(20)23(21)31)32-13-22(30)29-18-7-3-1-5-16(18)24(26,27)28/h1-12H,13H2,(H,29,30). The molecule has 0 saturated heterocycles. The van der Waals surface area contributed by atoms with Crippen LogP contribution in [0.25, 0.3) is 11.0 Å². The predicted octanol–water partition coefficient (Wildman–Crippen LogP) is 6.38. The number of para-hydroxylation sites is 2. The molecule has 1 N–H and O–H groups in total. The van der Waals surface area contributed by atoms with Crippen LogP contribution in [0, 0.1) is 0 Å². The molecule has 0 bridgehead atoms. The van der Waals surface area contributed by atoms with Crippen LogP contribution in [-0.4, -0.2) is 12.5 Å². The summed E-state index contributed by atoms with van der Waals surface area (Å²) in [6, 6.07) is 15.9. The first-order valence-electron chi connectivity index (χ1n) is 9.79. The third-order valence-corrected chi connectivity index (χ3v) is 5.30. The van der Waals surface area contributed by atoms with E-state index in [0.29, 0.717) is 10.2 Å². The van der Waals surface area contributed by atoms with Crippen molar-refractivity contribution >= 4 is 38.5 Å². The molecule has 1 heterocycles. The summed E-state index contributed by atoms with van der Waals surface area (Å²) in [6.07, 6.45) is -3.45. The Labute approximate surface area is 199 Å². The molecule has 0 spiro atoms. The second kappa shape index (κ2) is 9.60. The van der Waals surface area contributed by atoms with Gasteiger partial charge in [0.05, 0.1) is 21.1 Å². The largest absolute Gasteiger partial charge is 0.484 e. The van der Waals surface area contributed by atoms with Crippen LogP contribution < -0.4 is 20.2 Å². The van der Waals surface area contributed by atoms with Crippen molar-refractivity contribution in [1.29, 1.82) is 0 Å². The monoisotopic (exact) mass is 533 g/mol. The zero-order valence-corrected chi connectivity index (χ0v) is 18.8. The van der Waals surface area contributed by atoms with Crippen LogP contribution in [0.2, 0.25) is 0 Å². The third kappa shape index (κ3) is 5.23. The van der Waals surface area contributed by atoms with Gasteiger partial charge in [0.25, 0.3) is 5.91 Å². The zero-order valence-electron chi connectivity index (χ0n) is 17.2. The Bertz CT molecular complexity index is 1420. The zero-order chi connectivity index (χ0) is 24.3. The highest BCUT2D eigenvalue weighted by atomic mass is 79.9. The molecule has 0 aliphatic rings. The Morgan fingerprint density at radius 1 is 1.00 bits per heavy atom. The number of benzene rings is 3. The Kier molecular flexibility index (Phi) is 6.60.